The zero-order valence-electron chi connectivity index (χ0n) is 32.5. The van der Waals surface area contributed by atoms with E-state index in [9.17, 15) is 0 Å². The van der Waals surface area contributed by atoms with Gasteiger partial charge in [-0.25, -0.2) is 9.97 Å². The number of fused-ring (bicyclic) bond motifs is 10. The van der Waals surface area contributed by atoms with Crippen LogP contribution in [0.1, 0.15) is 0 Å². The molecule has 0 amide bonds. The number of hydrogen-bond donors (Lipinski definition) is 0. The predicted octanol–water partition coefficient (Wildman–Crippen LogP) is 15.4. The van der Waals surface area contributed by atoms with Crippen molar-refractivity contribution in [1.82, 2.24) is 14.5 Å². The Morgan fingerprint density at radius 3 is 1.45 bits per heavy atom. The smallest absolute Gasteiger partial charge is 0.160 e. The van der Waals surface area contributed by atoms with Gasteiger partial charge in [-0.2, -0.15) is 0 Å². The van der Waals surface area contributed by atoms with Crippen LogP contribution in [0.5, 0.6) is 0 Å². The molecule has 0 N–H and O–H groups in total. The molecule has 0 fully saturated rings. The first-order chi connectivity index (χ1) is 29.7. The maximum absolute atomic E-state index is 5.14. The summed E-state index contributed by atoms with van der Waals surface area (Å²) in [6.07, 6.45) is 0. The first kappa shape index (κ1) is 34.4. The standard InChI is InChI=1S/C56H35N3S/c1-5-15-36(16-6-1)41-27-31-50-46(33-41)52-53-47-34-42(37-17-7-2-8-18-37)28-32-51(47)60-55(53)45-24-14-13-23-44(45)54(52)59(50)43-29-25-40(26-30-43)56-57-48(38-19-9-3-10-20-38)35-49(58-56)39-21-11-4-12-22-39/h1-35H. The highest BCUT2D eigenvalue weighted by atomic mass is 32.1. The number of thiophene rings is 1. The summed E-state index contributed by atoms with van der Waals surface area (Å²) < 4.78 is 5.09. The lowest BCUT2D eigenvalue weighted by atomic mass is 9.96. The van der Waals surface area contributed by atoms with Crippen LogP contribution in [0.3, 0.4) is 0 Å². The largest absolute Gasteiger partial charge is 0.309 e. The van der Waals surface area contributed by atoms with E-state index in [4.69, 9.17) is 9.97 Å². The summed E-state index contributed by atoms with van der Waals surface area (Å²) >= 11 is 1.90. The fourth-order valence-corrected chi connectivity index (χ4v) is 10.2. The molecule has 3 nitrogen and oxygen atoms in total. The van der Waals surface area contributed by atoms with Gasteiger partial charge in [0, 0.05) is 64.1 Å². The van der Waals surface area contributed by atoms with Crippen LogP contribution in [0.25, 0.3) is 115 Å². The number of benzene rings is 9. The van der Waals surface area contributed by atoms with Crippen LogP contribution in [0.4, 0.5) is 0 Å². The Labute approximate surface area is 351 Å². The van der Waals surface area contributed by atoms with Crippen molar-refractivity contribution in [1.29, 1.82) is 0 Å². The average Bonchev–Trinajstić information content (AvgIpc) is 3.88. The molecule has 0 spiro atoms. The number of rotatable bonds is 6. The molecule has 0 aliphatic heterocycles. The van der Waals surface area contributed by atoms with Crippen LogP contribution < -0.4 is 0 Å². The molecule has 0 aliphatic carbocycles. The Balaban J connectivity index is 1.12. The van der Waals surface area contributed by atoms with Gasteiger partial charge < -0.3 is 4.57 Å². The maximum Gasteiger partial charge on any atom is 0.160 e. The van der Waals surface area contributed by atoms with E-state index in [0.29, 0.717) is 5.82 Å². The predicted molar refractivity (Wildman–Crippen MR) is 254 cm³/mol. The molecule has 3 aromatic heterocycles. The second-order valence-electron chi connectivity index (χ2n) is 15.3. The van der Waals surface area contributed by atoms with Crippen LogP contribution in [-0.4, -0.2) is 14.5 Å². The molecule has 0 unspecified atom stereocenters. The molecule has 0 saturated heterocycles. The summed E-state index contributed by atoms with van der Waals surface area (Å²) in [6.45, 7) is 0. The molecule has 0 aliphatic rings. The van der Waals surface area contributed by atoms with Gasteiger partial charge in [0.25, 0.3) is 0 Å². The third-order valence-corrected chi connectivity index (χ3v) is 13.0. The molecule has 280 valence electrons. The molecule has 9 aromatic carbocycles. The summed E-state index contributed by atoms with van der Waals surface area (Å²) in [4.78, 5) is 10.3. The topological polar surface area (TPSA) is 30.7 Å². The van der Waals surface area contributed by atoms with Crippen molar-refractivity contribution in [3.8, 4) is 61.8 Å². The van der Waals surface area contributed by atoms with Crippen LogP contribution in [0.15, 0.2) is 212 Å². The third-order valence-electron chi connectivity index (χ3n) is 11.8. The molecule has 12 rings (SSSR count). The molecule has 0 atom stereocenters. The summed E-state index contributed by atoms with van der Waals surface area (Å²) in [5.74, 6) is 0.697. The van der Waals surface area contributed by atoms with E-state index >= 15 is 0 Å². The quantitative estimate of drug-likeness (QED) is 0.168. The Bertz CT molecular complexity index is 3500. The van der Waals surface area contributed by atoms with Crippen molar-refractivity contribution in [3.63, 3.8) is 0 Å². The fourth-order valence-electron chi connectivity index (χ4n) is 8.96. The van der Waals surface area contributed by atoms with Crippen molar-refractivity contribution in [2.45, 2.75) is 0 Å². The number of nitrogens with zero attached hydrogens (tertiary/aromatic N) is 3. The number of hydrogen-bond acceptors (Lipinski definition) is 3. The third kappa shape index (κ3) is 5.65. The Morgan fingerprint density at radius 2 is 0.850 bits per heavy atom. The van der Waals surface area contributed by atoms with Gasteiger partial charge in [-0.05, 0) is 76.9 Å². The zero-order chi connectivity index (χ0) is 39.6. The van der Waals surface area contributed by atoms with Crippen molar-refractivity contribution in [2.75, 3.05) is 0 Å². The van der Waals surface area contributed by atoms with Crippen molar-refractivity contribution in [2.24, 2.45) is 0 Å². The lowest BCUT2D eigenvalue weighted by Crippen LogP contribution is -1.97. The molecule has 60 heavy (non-hydrogen) atoms. The minimum atomic E-state index is 0.697. The molecule has 3 heterocycles. The molecule has 0 saturated carbocycles. The highest BCUT2D eigenvalue weighted by molar-refractivity contribution is 7.27. The molecular weight excluding hydrogens is 747 g/mol. The van der Waals surface area contributed by atoms with E-state index in [1.54, 1.807) is 0 Å². The number of aromatic nitrogens is 3. The van der Waals surface area contributed by atoms with E-state index in [0.717, 1.165) is 33.8 Å². The van der Waals surface area contributed by atoms with Gasteiger partial charge in [-0.1, -0.05) is 158 Å². The summed E-state index contributed by atoms with van der Waals surface area (Å²) in [7, 11) is 0. The van der Waals surface area contributed by atoms with Crippen molar-refractivity contribution >= 4 is 64.1 Å². The Hall–Kier alpha value is -7.66. The van der Waals surface area contributed by atoms with Crippen molar-refractivity contribution < 1.29 is 0 Å². The SMILES string of the molecule is c1ccc(-c2ccc3sc4c5ccccc5c5c(c6cc(-c7ccccc7)ccc6n5-c5ccc(-c6nc(-c7ccccc7)cc(-c7ccccc7)n6)cc5)c4c3c2)cc1. The van der Waals surface area contributed by atoms with Gasteiger partial charge in [0.2, 0.25) is 0 Å². The Kier molecular flexibility index (Phi) is 8.03. The fraction of sp³-hybridized carbons (Fsp3) is 0. The van der Waals surface area contributed by atoms with Gasteiger partial charge in [-0.3, -0.25) is 0 Å². The van der Waals surface area contributed by atoms with E-state index in [2.05, 4.69) is 205 Å². The summed E-state index contributed by atoms with van der Waals surface area (Å²) in [5.41, 5.74) is 13.2. The highest BCUT2D eigenvalue weighted by Crippen LogP contribution is 2.49. The minimum absolute atomic E-state index is 0.697. The lowest BCUT2D eigenvalue weighted by molar-refractivity contribution is 1.17. The molecular formula is C56H35N3S. The van der Waals surface area contributed by atoms with Crippen LogP contribution in [-0.2, 0) is 0 Å². The van der Waals surface area contributed by atoms with Crippen LogP contribution in [0, 0.1) is 0 Å². The summed E-state index contributed by atoms with van der Waals surface area (Å²) in [6, 6.07) is 76.0. The van der Waals surface area contributed by atoms with Gasteiger partial charge in [-0.15, -0.1) is 11.3 Å². The Morgan fingerprint density at radius 1 is 0.350 bits per heavy atom. The second kappa shape index (κ2) is 14.0. The monoisotopic (exact) mass is 781 g/mol. The van der Waals surface area contributed by atoms with E-state index in [-0.39, 0.29) is 0 Å². The molecule has 12 aromatic rings. The van der Waals surface area contributed by atoms with Crippen molar-refractivity contribution in [3.05, 3.63) is 212 Å². The van der Waals surface area contributed by atoms with Crippen LogP contribution in [0.2, 0.25) is 0 Å². The molecule has 4 heteroatoms. The average molecular weight is 782 g/mol. The van der Waals surface area contributed by atoms with Gasteiger partial charge >= 0.3 is 0 Å². The first-order valence-corrected chi connectivity index (χ1v) is 21.1. The van der Waals surface area contributed by atoms with E-state index in [1.807, 2.05) is 23.5 Å². The van der Waals surface area contributed by atoms with Crippen LogP contribution >= 0.6 is 11.3 Å². The van der Waals surface area contributed by atoms with Gasteiger partial charge in [0.05, 0.1) is 22.4 Å². The normalized spacial score (nSPS) is 11.7. The zero-order valence-corrected chi connectivity index (χ0v) is 33.3. The van der Waals surface area contributed by atoms with E-state index in [1.165, 1.54) is 75.0 Å². The van der Waals surface area contributed by atoms with Gasteiger partial charge in [0.1, 0.15) is 0 Å². The van der Waals surface area contributed by atoms with Gasteiger partial charge in [0.15, 0.2) is 5.82 Å². The maximum atomic E-state index is 5.14. The minimum Gasteiger partial charge on any atom is -0.309 e. The summed E-state index contributed by atoms with van der Waals surface area (Å²) in [5, 5.41) is 7.63. The molecule has 0 radical (unpaired) electrons. The van der Waals surface area contributed by atoms with E-state index < -0.39 is 0 Å². The first-order valence-electron chi connectivity index (χ1n) is 20.3. The second-order valence-corrected chi connectivity index (χ2v) is 16.4. The highest BCUT2D eigenvalue weighted by Gasteiger charge is 2.23. The molecule has 0 bridgehead atoms. The lowest BCUT2D eigenvalue weighted by Gasteiger charge is -2.13.